The number of carboxylic acid groups (broad SMARTS) is 1. The van der Waals surface area contributed by atoms with E-state index < -0.39 is 24.4 Å². The van der Waals surface area contributed by atoms with Crippen molar-refractivity contribution in [3.63, 3.8) is 0 Å². The Morgan fingerprint density at radius 1 is 1.39 bits per heavy atom. The topological polar surface area (TPSA) is 89.8 Å². The van der Waals surface area contributed by atoms with Gasteiger partial charge in [0, 0.05) is 31.4 Å². The second-order valence-electron chi connectivity index (χ2n) is 7.09. The van der Waals surface area contributed by atoms with E-state index in [1.165, 1.54) is 11.0 Å². The van der Waals surface area contributed by atoms with Crippen LogP contribution < -0.4 is 9.47 Å². The van der Waals surface area contributed by atoms with Crippen molar-refractivity contribution >= 4 is 11.8 Å². The molecule has 152 valence electrons. The van der Waals surface area contributed by atoms with E-state index in [9.17, 15) is 13.6 Å². The van der Waals surface area contributed by atoms with Crippen LogP contribution in [-0.4, -0.2) is 66.4 Å². The first kappa shape index (κ1) is 18.7. The molecule has 2 atom stereocenters. The predicted octanol–water partition coefficient (Wildman–Crippen LogP) is 2.70. The summed E-state index contributed by atoms with van der Waals surface area (Å²) < 4.78 is 41.3. The summed E-state index contributed by atoms with van der Waals surface area (Å²) in [6, 6.07) is 4.61. The molecule has 1 amide bonds. The molecule has 0 saturated carbocycles. The highest BCUT2D eigenvalue weighted by atomic mass is 19.3. The largest absolute Gasteiger partial charge is 0.485 e. The first-order valence-corrected chi connectivity index (χ1v) is 9.01. The van der Waals surface area contributed by atoms with E-state index in [0.29, 0.717) is 43.9 Å². The van der Waals surface area contributed by atoms with E-state index >= 15 is 0 Å². The number of amides is 1. The predicted molar refractivity (Wildman–Crippen MR) is 92.1 cm³/mol. The summed E-state index contributed by atoms with van der Waals surface area (Å²) in [5, 5.41) is 13.2. The molecule has 3 aliphatic rings. The fourth-order valence-corrected chi connectivity index (χ4v) is 3.63. The van der Waals surface area contributed by atoms with Gasteiger partial charge in [-0.25, -0.2) is 4.79 Å². The molecular formula is C18H20F2N2O6. The monoisotopic (exact) mass is 398 g/mol. The molecule has 2 fully saturated rings. The minimum absolute atomic E-state index is 0.106. The number of hydrogen-bond donors (Lipinski definition) is 1. The lowest BCUT2D eigenvalue weighted by Crippen LogP contribution is -2.29. The van der Waals surface area contributed by atoms with Gasteiger partial charge in [0.05, 0.1) is 25.5 Å². The maximum absolute atomic E-state index is 12.8. The summed E-state index contributed by atoms with van der Waals surface area (Å²) >= 11 is 0. The van der Waals surface area contributed by atoms with E-state index in [-0.39, 0.29) is 18.0 Å². The number of hydrogen-bond acceptors (Lipinski definition) is 6. The lowest BCUT2D eigenvalue weighted by Gasteiger charge is -2.19. The van der Waals surface area contributed by atoms with E-state index in [4.69, 9.17) is 19.4 Å². The van der Waals surface area contributed by atoms with Crippen LogP contribution in [0, 0.1) is 0 Å². The van der Waals surface area contributed by atoms with Gasteiger partial charge in [0.15, 0.2) is 17.1 Å². The average Bonchev–Trinajstić information content (AvgIpc) is 3.39. The number of benzene rings is 1. The Labute approximate surface area is 159 Å². The Morgan fingerprint density at radius 2 is 2.25 bits per heavy atom. The lowest BCUT2D eigenvalue weighted by molar-refractivity contribution is -0.0520. The zero-order valence-corrected chi connectivity index (χ0v) is 15.0. The Kier molecular flexibility index (Phi) is 4.96. The van der Waals surface area contributed by atoms with Gasteiger partial charge in [-0.3, -0.25) is 0 Å². The maximum atomic E-state index is 12.8. The molecule has 28 heavy (non-hydrogen) atoms. The number of alkyl halides is 2. The Bertz CT molecular complexity index is 781. The normalized spacial score (nSPS) is 26.6. The minimum atomic E-state index is -3.00. The van der Waals surface area contributed by atoms with E-state index in [2.05, 4.69) is 9.89 Å². The zero-order chi connectivity index (χ0) is 19.7. The number of halogens is 2. The van der Waals surface area contributed by atoms with Crippen LogP contribution in [0.1, 0.15) is 24.8 Å². The number of rotatable bonds is 5. The summed E-state index contributed by atoms with van der Waals surface area (Å²) in [5.41, 5.74) is 0.896. The van der Waals surface area contributed by atoms with Crippen molar-refractivity contribution in [2.45, 2.75) is 37.6 Å². The third kappa shape index (κ3) is 3.82. The van der Waals surface area contributed by atoms with Crippen LogP contribution in [0.4, 0.5) is 13.6 Å². The first-order valence-electron chi connectivity index (χ1n) is 9.01. The van der Waals surface area contributed by atoms with Crippen molar-refractivity contribution in [1.29, 1.82) is 0 Å². The van der Waals surface area contributed by atoms with Crippen LogP contribution in [0.15, 0.2) is 23.4 Å². The quantitative estimate of drug-likeness (QED) is 0.820. The van der Waals surface area contributed by atoms with Gasteiger partial charge in [0.1, 0.15) is 6.10 Å². The molecular weight excluding hydrogens is 378 g/mol. The van der Waals surface area contributed by atoms with Crippen LogP contribution in [-0.2, 0) is 9.57 Å². The molecule has 0 aliphatic carbocycles. The molecule has 1 unspecified atom stereocenters. The average molecular weight is 398 g/mol. The third-order valence-electron chi connectivity index (χ3n) is 5.11. The first-order chi connectivity index (χ1) is 13.4. The standard InChI is InChI=1S/C18H20F2N2O6/c19-16(20)27-14-2-1-11(13-8-18(28-21-13)4-6-25-10-18)7-15(14)26-12-3-5-22(9-12)17(23)24/h1-2,7,12,16H,3-6,8-10H2,(H,23,24)/t12-,18?/m1/s1. The highest BCUT2D eigenvalue weighted by Gasteiger charge is 2.43. The molecule has 3 aliphatic heterocycles. The van der Waals surface area contributed by atoms with Crippen molar-refractivity contribution in [2.24, 2.45) is 5.16 Å². The van der Waals surface area contributed by atoms with Crippen LogP contribution in [0.5, 0.6) is 11.5 Å². The highest BCUT2D eigenvalue weighted by molar-refractivity contribution is 6.02. The summed E-state index contributed by atoms with van der Waals surface area (Å²) in [4.78, 5) is 17.9. The zero-order valence-electron chi connectivity index (χ0n) is 15.0. The molecule has 10 heteroatoms. The van der Waals surface area contributed by atoms with Crippen LogP contribution in [0.3, 0.4) is 0 Å². The number of oxime groups is 1. The van der Waals surface area contributed by atoms with E-state index in [1.807, 2.05) is 0 Å². The molecule has 3 heterocycles. The summed E-state index contributed by atoms with van der Waals surface area (Å²) in [7, 11) is 0. The van der Waals surface area contributed by atoms with Gasteiger partial charge in [0.2, 0.25) is 0 Å². The van der Waals surface area contributed by atoms with E-state index in [1.54, 1.807) is 12.1 Å². The molecule has 0 bridgehead atoms. The van der Waals surface area contributed by atoms with Gasteiger partial charge in [-0.15, -0.1) is 0 Å². The highest BCUT2D eigenvalue weighted by Crippen LogP contribution is 2.37. The van der Waals surface area contributed by atoms with Crippen LogP contribution in [0.2, 0.25) is 0 Å². The molecule has 4 rings (SSSR count). The van der Waals surface area contributed by atoms with Crippen molar-refractivity contribution in [1.82, 2.24) is 4.90 Å². The van der Waals surface area contributed by atoms with Gasteiger partial charge < -0.3 is 29.1 Å². The third-order valence-corrected chi connectivity index (χ3v) is 5.11. The molecule has 0 aromatic heterocycles. The van der Waals surface area contributed by atoms with Gasteiger partial charge in [-0.1, -0.05) is 5.16 Å². The maximum Gasteiger partial charge on any atom is 0.407 e. The van der Waals surface area contributed by atoms with Crippen molar-refractivity contribution in [3.05, 3.63) is 23.8 Å². The summed E-state index contributed by atoms with van der Waals surface area (Å²) in [5.74, 6) is 0.0207. The number of likely N-dealkylation sites (tertiary alicyclic amines) is 1. The second kappa shape index (κ2) is 7.42. The van der Waals surface area contributed by atoms with Crippen molar-refractivity contribution in [3.8, 4) is 11.5 Å². The number of carbonyl (C=O) groups is 1. The van der Waals surface area contributed by atoms with Gasteiger partial charge >= 0.3 is 12.7 Å². The van der Waals surface area contributed by atoms with Crippen molar-refractivity contribution < 1.29 is 37.7 Å². The molecule has 1 spiro atoms. The molecule has 0 radical (unpaired) electrons. The number of ether oxygens (including phenoxy) is 3. The Balaban J connectivity index is 1.53. The van der Waals surface area contributed by atoms with Gasteiger partial charge in [0.25, 0.3) is 0 Å². The van der Waals surface area contributed by atoms with Gasteiger partial charge in [-0.05, 0) is 18.2 Å². The Morgan fingerprint density at radius 3 is 2.93 bits per heavy atom. The van der Waals surface area contributed by atoms with E-state index in [0.717, 1.165) is 6.42 Å². The summed E-state index contributed by atoms with van der Waals surface area (Å²) in [6.07, 6.45) is 0.281. The summed E-state index contributed by atoms with van der Waals surface area (Å²) in [6.45, 7) is -1.44. The van der Waals surface area contributed by atoms with Crippen LogP contribution in [0.25, 0.3) is 0 Å². The lowest BCUT2D eigenvalue weighted by atomic mass is 9.93. The smallest absolute Gasteiger partial charge is 0.407 e. The second-order valence-corrected chi connectivity index (χ2v) is 7.09. The molecule has 1 N–H and O–H groups in total. The SMILES string of the molecule is O=C(O)N1CC[C@@H](Oc2cc(C3=NOC4(CCOC4)C3)ccc2OC(F)F)C1. The van der Waals surface area contributed by atoms with Gasteiger partial charge in [-0.2, -0.15) is 8.78 Å². The molecule has 1 aromatic carbocycles. The number of nitrogens with zero attached hydrogens (tertiary/aromatic N) is 2. The molecule has 2 saturated heterocycles. The van der Waals surface area contributed by atoms with Crippen molar-refractivity contribution in [2.75, 3.05) is 26.3 Å². The molecule has 8 nitrogen and oxygen atoms in total. The molecule has 1 aromatic rings. The Hall–Kier alpha value is -2.62. The fourth-order valence-electron chi connectivity index (χ4n) is 3.63. The fraction of sp³-hybridized carbons (Fsp3) is 0.556. The van der Waals surface area contributed by atoms with Crippen LogP contribution >= 0.6 is 0 Å². The minimum Gasteiger partial charge on any atom is -0.485 e.